The van der Waals surface area contributed by atoms with Gasteiger partial charge in [-0.1, -0.05) is 37.3 Å². The van der Waals surface area contributed by atoms with Gasteiger partial charge in [0.05, 0.1) is 18.4 Å². The molecule has 0 heterocycles. The first-order valence-corrected chi connectivity index (χ1v) is 9.67. The maximum absolute atomic E-state index is 12.8. The molecule has 30 heavy (non-hydrogen) atoms. The number of benzene rings is 3. The van der Waals surface area contributed by atoms with Crippen LogP contribution < -0.4 is 20.1 Å². The molecule has 0 saturated heterocycles. The second kappa shape index (κ2) is 10.1. The second-order valence-electron chi connectivity index (χ2n) is 6.55. The Morgan fingerprint density at radius 2 is 1.50 bits per heavy atom. The minimum absolute atomic E-state index is 0.314. The van der Waals surface area contributed by atoms with Gasteiger partial charge in [-0.25, -0.2) is 0 Å². The predicted octanol–water partition coefficient (Wildman–Crippen LogP) is 4.74. The molecule has 0 unspecified atom stereocenters. The Balaban J connectivity index is 1.71. The van der Waals surface area contributed by atoms with E-state index in [1.54, 1.807) is 67.8 Å². The van der Waals surface area contributed by atoms with Crippen molar-refractivity contribution in [2.24, 2.45) is 0 Å². The van der Waals surface area contributed by atoms with Crippen LogP contribution in [0.25, 0.3) is 0 Å². The van der Waals surface area contributed by atoms with Crippen LogP contribution in [0.4, 0.5) is 11.4 Å². The number of anilines is 2. The summed E-state index contributed by atoms with van der Waals surface area (Å²) in [6, 6.07) is 23.0. The first-order valence-electron chi connectivity index (χ1n) is 9.67. The minimum Gasteiger partial charge on any atom is -0.497 e. The summed E-state index contributed by atoms with van der Waals surface area (Å²) in [6.45, 7) is 1.87. The Bertz CT molecular complexity index is 988. The maximum atomic E-state index is 12.8. The van der Waals surface area contributed by atoms with Crippen molar-refractivity contribution in [2.45, 2.75) is 19.4 Å². The van der Waals surface area contributed by atoms with Crippen molar-refractivity contribution in [2.75, 3.05) is 17.7 Å². The van der Waals surface area contributed by atoms with Crippen molar-refractivity contribution in [3.63, 3.8) is 0 Å². The van der Waals surface area contributed by atoms with Crippen LogP contribution in [0.2, 0.25) is 0 Å². The zero-order valence-corrected chi connectivity index (χ0v) is 16.9. The van der Waals surface area contributed by atoms with E-state index >= 15 is 0 Å². The Morgan fingerprint density at radius 1 is 0.833 bits per heavy atom. The summed E-state index contributed by atoms with van der Waals surface area (Å²) in [7, 11) is 1.58. The Morgan fingerprint density at radius 3 is 2.17 bits per heavy atom. The van der Waals surface area contributed by atoms with E-state index in [4.69, 9.17) is 9.47 Å². The normalized spacial score (nSPS) is 11.3. The fraction of sp³-hybridized carbons (Fsp3) is 0.167. The molecule has 0 radical (unpaired) electrons. The number of rotatable bonds is 8. The molecule has 0 aromatic heterocycles. The third-order valence-corrected chi connectivity index (χ3v) is 4.46. The van der Waals surface area contributed by atoms with E-state index in [0.29, 0.717) is 34.9 Å². The molecule has 3 aromatic carbocycles. The Kier molecular flexibility index (Phi) is 7.05. The van der Waals surface area contributed by atoms with Gasteiger partial charge in [0, 0.05) is 5.69 Å². The lowest BCUT2D eigenvalue weighted by Crippen LogP contribution is -2.33. The van der Waals surface area contributed by atoms with Crippen LogP contribution >= 0.6 is 0 Å². The van der Waals surface area contributed by atoms with Crippen LogP contribution in [0.1, 0.15) is 23.7 Å². The van der Waals surface area contributed by atoms with E-state index < -0.39 is 6.10 Å². The molecule has 6 nitrogen and oxygen atoms in total. The van der Waals surface area contributed by atoms with E-state index in [0.717, 1.165) is 0 Å². The summed E-state index contributed by atoms with van der Waals surface area (Å²) < 4.78 is 10.9. The number of carbonyl (C=O) groups excluding carboxylic acids is 2. The molecule has 2 N–H and O–H groups in total. The van der Waals surface area contributed by atoms with Crippen LogP contribution in [0.3, 0.4) is 0 Å². The average molecular weight is 404 g/mol. The monoisotopic (exact) mass is 404 g/mol. The highest BCUT2D eigenvalue weighted by Gasteiger charge is 2.21. The maximum Gasteiger partial charge on any atom is 0.265 e. The van der Waals surface area contributed by atoms with Gasteiger partial charge in [-0.05, 0) is 55.0 Å². The number of hydrogen-bond donors (Lipinski definition) is 2. The second-order valence-corrected chi connectivity index (χ2v) is 6.55. The van der Waals surface area contributed by atoms with Crippen LogP contribution in [-0.2, 0) is 4.79 Å². The largest absolute Gasteiger partial charge is 0.497 e. The van der Waals surface area contributed by atoms with E-state index in [1.165, 1.54) is 0 Å². The summed E-state index contributed by atoms with van der Waals surface area (Å²) in [4.78, 5) is 25.5. The third kappa shape index (κ3) is 5.38. The van der Waals surface area contributed by atoms with Crippen molar-refractivity contribution in [1.82, 2.24) is 0 Å². The van der Waals surface area contributed by atoms with Gasteiger partial charge in [-0.3, -0.25) is 9.59 Å². The number of methoxy groups -OCH3 is 1. The minimum atomic E-state index is -0.676. The number of ether oxygens (including phenoxy) is 2. The molecule has 0 aliphatic rings. The molecule has 6 heteroatoms. The molecule has 0 aliphatic heterocycles. The number of amides is 2. The molecule has 0 bridgehead atoms. The van der Waals surface area contributed by atoms with Crippen LogP contribution in [0.15, 0.2) is 78.9 Å². The molecule has 154 valence electrons. The quantitative estimate of drug-likeness (QED) is 0.568. The smallest absolute Gasteiger partial charge is 0.265 e. The molecule has 2 amide bonds. The fourth-order valence-electron chi connectivity index (χ4n) is 2.86. The summed E-state index contributed by atoms with van der Waals surface area (Å²) >= 11 is 0. The zero-order chi connectivity index (χ0) is 21.3. The third-order valence-electron chi connectivity index (χ3n) is 4.46. The van der Waals surface area contributed by atoms with Gasteiger partial charge in [0.1, 0.15) is 11.5 Å². The number of carbonyl (C=O) groups is 2. The van der Waals surface area contributed by atoms with Crippen molar-refractivity contribution in [3.8, 4) is 11.5 Å². The van der Waals surface area contributed by atoms with Gasteiger partial charge in [0.2, 0.25) is 0 Å². The standard InChI is InChI=1S/C24H24N2O4/c1-3-22(30-19-9-5-4-6-10-19)24(28)26-21-12-8-7-11-20(21)23(27)25-17-13-15-18(29-2)16-14-17/h4-16,22H,3H2,1-2H3,(H,25,27)(H,26,28)/t22-/m0/s1. The number of para-hydroxylation sites is 2. The molecule has 0 saturated carbocycles. The van der Waals surface area contributed by atoms with Crippen molar-refractivity contribution < 1.29 is 19.1 Å². The molecule has 1 atom stereocenters. The number of hydrogen-bond acceptors (Lipinski definition) is 4. The SMILES string of the molecule is CC[C@H](Oc1ccccc1)C(=O)Nc1ccccc1C(=O)Nc1ccc(OC)cc1. The molecule has 0 fully saturated rings. The highest BCUT2D eigenvalue weighted by Crippen LogP contribution is 2.21. The lowest BCUT2D eigenvalue weighted by molar-refractivity contribution is -0.122. The molecule has 0 spiro atoms. The number of nitrogens with one attached hydrogen (secondary N) is 2. The van der Waals surface area contributed by atoms with Gasteiger partial charge in [-0.15, -0.1) is 0 Å². The van der Waals surface area contributed by atoms with Crippen LogP contribution in [0.5, 0.6) is 11.5 Å². The highest BCUT2D eigenvalue weighted by molar-refractivity contribution is 6.10. The van der Waals surface area contributed by atoms with Crippen molar-refractivity contribution in [1.29, 1.82) is 0 Å². The first kappa shape index (κ1) is 20.9. The Labute approximate surface area is 175 Å². The lowest BCUT2D eigenvalue weighted by Gasteiger charge is -2.18. The van der Waals surface area contributed by atoms with Crippen LogP contribution in [0, 0.1) is 0 Å². The van der Waals surface area contributed by atoms with E-state index in [2.05, 4.69) is 10.6 Å². The zero-order valence-electron chi connectivity index (χ0n) is 16.9. The van der Waals surface area contributed by atoms with Gasteiger partial charge in [0.15, 0.2) is 6.10 Å². The molecule has 3 rings (SSSR count). The molecular formula is C24H24N2O4. The van der Waals surface area contributed by atoms with Crippen molar-refractivity contribution >= 4 is 23.2 Å². The van der Waals surface area contributed by atoms with Crippen molar-refractivity contribution in [3.05, 3.63) is 84.4 Å². The van der Waals surface area contributed by atoms with E-state index in [-0.39, 0.29) is 11.8 Å². The fourth-order valence-corrected chi connectivity index (χ4v) is 2.86. The molecule has 0 aliphatic carbocycles. The average Bonchev–Trinajstić information content (AvgIpc) is 2.79. The van der Waals surface area contributed by atoms with E-state index in [9.17, 15) is 9.59 Å². The highest BCUT2D eigenvalue weighted by atomic mass is 16.5. The van der Waals surface area contributed by atoms with Gasteiger partial charge in [0.25, 0.3) is 11.8 Å². The first-order chi connectivity index (χ1) is 14.6. The summed E-state index contributed by atoms with van der Waals surface area (Å²) in [5.41, 5.74) is 1.40. The topological polar surface area (TPSA) is 76.7 Å². The lowest BCUT2D eigenvalue weighted by atomic mass is 10.1. The van der Waals surface area contributed by atoms with Gasteiger partial charge in [-0.2, -0.15) is 0 Å². The van der Waals surface area contributed by atoms with Gasteiger partial charge >= 0.3 is 0 Å². The van der Waals surface area contributed by atoms with Crippen LogP contribution in [-0.4, -0.2) is 25.0 Å². The summed E-state index contributed by atoms with van der Waals surface area (Å²) in [6.07, 6.45) is -0.189. The summed E-state index contributed by atoms with van der Waals surface area (Å²) in [5, 5.41) is 5.65. The summed E-state index contributed by atoms with van der Waals surface area (Å²) in [5.74, 6) is 0.675. The molecule has 3 aromatic rings. The molecular weight excluding hydrogens is 380 g/mol. The predicted molar refractivity (Wildman–Crippen MR) is 117 cm³/mol. The van der Waals surface area contributed by atoms with Gasteiger partial charge < -0.3 is 20.1 Å². The Hall–Kier alpha value is -3.80. The van der Waals surface area contributed by atoms with E-state index in [1.807, 2.05) is 25.1 Å².